The van der Waals surface area contributed by atoms with E-state index in [4.69, 9.17) is 21.1 Å². The average molecular weight is 402 g/mol. The van der Waals surface area contributed by atoms with E-state index in [0.29, 0.717) is 37.4 Å². The molecule has 0 saturated carbocycles. The van der Waals surface area contributed by atoms with Crippen molar-refractivity contribution in [3.8, 4) is 11.5 Å². The molecule has 4 rings (SSSR count). The molecule has 2 aromatic rings. The monoisotopic (exact) mass is 401 g/mol. The summed E-state index contributed by atoms with van der Waals surface area (Å²) in [5.41, 5.74) is 2.23. The molecule has 5 nitrogen and oxygen atoms in total. The van der Waals surface area contributed by atoms with E-state index in [9.17, 15) is 4.79 Å². The number of ether oxygens (including phenoxy) is 2. The summed E-state index contributed by atoms with van der Waals surface area (Å²) in [4.78, 5) is 13.8. The van der Waals surface area contributed by atoms with Crippen molar-refractivity contribution < 1.29 is 19.2 Å². The van der Waals surface area contributed by atoms with E-state index in [1.807, 2.05) is 30.3 Å². The number of rotatable bonds is 5. The van der Waals surface area contributed by atoms with Gasteiger partial charge < -0.3 is 19.7 Å². The van der Waals surface area contributed by atoms with Gasteiger partial charge in [0.15, 0.2) is 18.0 Å². The van der Waals surface area contributed by atoms with Crippen LogP contribution in [0.3, 0.4) is 0 Å². The number of benzene rings is 2. The van der Waals surface area contributed by atoms with Crippen LogP contribution in [0.1, 0.15) is 36.4 Å². The Kier molecular flexibility index (Phi) is 6.03. The van der Waals surface area contributed by atoms with Crippen molar-refractivity contribution in [1.82, 2.24) is 5.32 Å². The highest BCUT2D eigenvalue weighted by Gasteiger charge is 2.32. The van der Waals surface area contributed by atoms with E-state index in [1.165, 1.54) is 10.5 Å². The molecular weight excluding hydrogens is 376 g/mol. The Bertz CT molecular complexity index is 842. The molecule has 148 valence electrons. The lowest BCUT2D eigenvalue weighted by Gasteiger charge is -2.22. The summed E-state index contributed by atoms with van der Waals surface area (Å²) in [6.45, 7) is 3.36. The fraction of sp³-hybridized carbons (Fsp3) is 0.409. The van der Waals surface area contributed by atoms with Gasteiger partial charge in [-0.25, -0.2) is 0 Å². The molecule has 1 saturated heterocycles. The molecule has 0 spiro atoms. The third-order valence-electron chi connectivity index (χ3n) is 5.42. The van der Waals surface area contributed by atoms with E-state index in [2.05, 4.69) is 17.4 Å². The maximum atomic E-state index is 12.5. The Balaban J connectivity index is 1.38. The molecule has 0 aromatic heterocycles. The smallest absolute Gasteiger partial charge is 0.275 e. The quantitative estimate of drug-likeness (QED) is 0.809. The van der Waals surface area contributed by atoms with Crippen LogP contribution in [0, 0.1) is 0 Å². The second-order valence-electron chi connectivity index (χ2n) is 7.44. The van der Waals surface area contributed by atoms with Crippen molar-refractivity contribution in [3.63, 3.8) is 0 Å². The van der Waals surface area contributed by atoms with Gasteiger partial charge in [0.25, 0.3) is 5.91 Å². The van der Waals surface area contributed by atoms with Crippen LogP contribution >= 0.6 is 11.6 Å². The molecule has 2 aliphatic heterocycles. The highest BCUT2D eigenvalue weighted by atomic mass is 35.5. The lowest BCUT2D eigenvalue weighted by molar-refractivity contribution is -0.910. The van der Waals surface area contributed by atoms with Gasteiger partial charge in [-0.05, 0) is 35.9 Å². The fourth-order valence-electron chi connectivity index (χ4n) is 4.04. The van der Waals surface area contributed by atoms with Crippen molar-refractivity contribution in [1.29, 1.82) is 0 Å². The van der Waals surface area contributed by atoms with Crippen LogP contribution < -0.4 is 19.7 Å². The first-order valence-corrected chi connectivity index (χ1v) is 10.3. The van der Waals surface area contributed by atoms with Gasteiger partial charge >= 0.3 is 0 Å². The third-order valence-corrected chi connectivity index (χ3v) is 5.66. The molecule has 0 radical (unpaired) electrons. The SMILES string of the molecule is O=C(C[NH+]1CCC[C@@H]1c1ccc2c(c1)OCCCO2)NCc1cccc(Cl)c1. The summed E-state index contributed by atoms with van der Waals surface area (Å²) in [5, 5.41) is 3.71. The predicted molar refractivity (Wildman–Crippen MR) is 108 cm³/mol. The lowest BCUT2D eigenvalue weighted by atomic mass is 10.0. The van der Waals surface area contributed by atoms with Gasteiger partial charge in [0, 0.05) is 36.4 Å². The zero-order chi connectivity index (χ0) is 19.3. The van der Waals surface area contributed by atoms with Crippen LogP contribution in [0.15, 0.2) is 42.5 Å². The van der Waals surface area contributed by atoms with Gasteiger partial charge in [0.2, 0.25) is 0 Å². The van der Waals surface area contributed by atoms with Crippen LogP contribution in [0.2, 0.25) is 5.02 Å². The predicted octanol–water partition coefficient (Wildman–Crippen LogP) is 2.54. The summed E-state index contributed by atoms with van der Waals surface area (Å²) in [6.07, 6.45) is 3.10. The maximum absolute atomic E-state index is 12.5. The second kappa shape index (κ2) is 8.84. The Morgan fingerprint density at radius 2 is 1.96 bits per heavy atom. The zero-order valence-corrected chi connectivity index (χ0v) is 16.6. The van der Waals surface area contributed by atoms with Crippen LogP contribution in [-0.4, -0.2) is 32.2 Å². The van der Waals surface area contributed by atoms with Crippen LogP contribution in [0.5, 0.6) is 11.5 Å². The molecule has 2 aromatic carbocycles. The van der Waals surface area contributed by atoms with Gasteiger partial charge in [0.1, 0.15) is 6.04 Å². The van der Waals surface area contributed by atoms with Gasteiger partial charge in [0.05, 0.1) is 19.8 Å². The van der Waals surface area contributed by atoms with Gasteiger partial charge in [-0.15, -0.1) is 0 Å². The van der Waals surface area contributed by atoms with E-state index in [1.54, 1.807) is 0 Å². The summed E-state index contributed by atoms with van der Waals surface area (Å²) < 4.78 is 11.6. The number of hydrogen-bond acceptors (Lipinski definition) is 3. The van der Waals surface area contributed by atoms with Gasteiger partial charge in [-0.1, -0.05) is 23.7 Å². The van der Waals surface area contributed by atoms with Crippen molar-refractivity contribution in [2.75, 3.05) is 26.3 Å². The van der Waals surface area contributed by atoms with Crippen LogP contribution in [0.25, 0.3) is 0 Å². The molecular formula is C22H26ClN2O3+. The minimum absolute atomic E-state index is 0.0659. The number of quaternary nitrogens is 1. The highest BCUT2D eigenvalue weighted by molar-refractivity contribution is 6.30. The lowest BCUT2D eigenvalue weighted by Crippen LogP contribution is -3.11. The Morgan fingerprint density at radius 1 is 1.11 bits per heavy atom. The number of nitrogens with one attached hydrogen (secondary N) is 2. The minimum atomic E-state index is 0.0659. The molecule has 1 fully saturated rings. The second-order valence-corrected chi connectivity index (χ2v) is 7.88. The number of fused-ring (bicyclic) bond motifs is 1. The molecule has 0 aliphatic carbocycles. The van der Waals surface area contributed by atoms with E-state index in [-0.39, 0.29) is 5.91 Å². The largest absolute Gasteiger partial charge is 0.490 e. The summed E-state index contributed by atoms with van der Waals surface area (Å²) in [6, 6.07) is 14.1. The molecule has 2 heterocycles. The molecule has 2 N–H and O–H groups in total. The zero-order valence-electron chi connectivity index (χ0n) is 15.9. The van der Waals surface area contributed by atoms with Gasteiger partial charge in [-0.3, -0.25) is 4.79 Å². The molecule has 28 heavy (non-hydrogen) atoms. The van der Waals surface area contributed by atoms with E-state index >= 15 is 0 Å². The van der Waals surface area contributed by atoms with E-state index < -0.39 is 0 Å². The average Bonchev–Trinajstić information content (AvgIpc) is 3.02. The minimum Gasteiger partial charge on any atom is -0.490 e. The molecule has 2 aliphatic rings. The Morgan fingerprint density at radius 3 is 2.82 bits per heavy atom. The first-order valence-electron chi connectivity index (χ1n) is 9.94. The van der Waals surface area contributed by atoms with Crippen molar-refractivity contribution in [2.24, 2.45) is 0 Å². The van der Waals surface area contributed by atoms with Gasteiger partial charge in [-0.2, -0.15) is 0 Å². The number of likely N-dealkylation sites (tertiary alicyclic amines) is 1. The Labute approximate surface area is 170 Å². The van der Waals surface area contributed by atoms with Crippen molar-refractivity contribution in [2.45, 2.75) is 31.8 Å². The van der Waals surface area contributed by atoms with Crippen LogP contribution in [-0.2, 0) is 11.3 Å². The highest BCUT2D eigenvalue weighted by Crippen LogP contribution is 2.33. The molecule has 1 unspecified atom stereocenters. The van der Waals surface area contributed by atoms with Crippen LogP contribution in [0.4, 0.5) is 0 Å². The molecule has 2 atom stereocenters. The number of amides is 1. The number of halogens is 1. The molecule has 1 amide bonds. The fourth-order valence-corrected chi connectivity index (χ4v) is 4.25. The standard InChI is InChI=1S/C22H25ClN2O3/c23-18-5-1-4-16(12-18)14-24-22(26)15-25-9-2-6-19(25)17-7-8-20-21(13-17)28-11-3-10-27-20/h1,4-5,7-8,12-13,19H,2-3,6,9-11,14-15H2,(H,24,26)/p+1/t19-/m1/s1. The maximum Gasteiger partial charge on any atom is 0.275 e. The first kappa shape index (κ1) is 19.1. The number of carbonyl (C=O) groups excluding carboxylic acids is 1. The Hall–Kier alpha value is -2.24. The topological polar surface area (TPSA) is 52.0 Å². The number of hydrogen-bond donors (Lipinski definition) is 2. The first-order chi connectivity index (χ1) is 13.7. The van der Waals surface area contributed by atoms with Crippen molar-refractivity contribution in [3.05, 3.63) is 58.6 Å². The number of carbonyl (C=O) groups is 1. The van der Waals surface area contributed by atoms with Crippen molar-refractivity contribution >= 4 is 17.5 Å². The summed E-state index contributed by atoms with van der Waals surface area (Å²) in [5.74, 6) is 1.71. The summed E-state index contributed by atoms with van der Waals surface area (Å²) >= 11 is 6.01. The summed E-state index contributed by atoms with van der Waals surface area (Å²) in [7, 11) is 0. The normalized spacial score (nSPS) is 21.2. The molecule has 6 heteroatoms. The van der Waals surface area contributed by atoms with E-state index in [0.717, 1.165) is 42.9 Å². The molecule has 0 bridgehead atoms. The third kappa shape index (κ3) is 4.59.